The molecule has 2 fully saturated rings. The zero-order valence-corrected chi connectivity index (χ0v) is 23.0. The number of amides is 2. The zero-order valence-electron chi connectivity index (χ0n) is 19.7. The van der Waals surface area contributed by atoms with Gasteiger partial charge in [-0.25, -0.2) is 0 Å². The largest absolute Gasteiger partial charge is 0.493 e. The maximum Gasteiger partial charge on any atom is 0.263 e. The van der Waals surface area contributed by atoms with Crippen LogP contribution in [0.1, 0.15) is 11.1 Å². The topological polar surface area (TPSA) is 95.1 Å². The van der Waals surface area contributed by atoms with E-state index in [4.69, 9.17) is 43.4 Å². The van der Waals surface area contributed by atoms with Crippen LogP contribution in [0.3, 0.4) is 0 Å². The number of ether oxygens (including phenoxy) is 4. The molecule has 8 nitrogen and oxygen atoms in total. The molecule has 12 heteroatoms. The molecule has 2 aliphatic heterocycles. The first-order valence-corrected chi connectivity index (χ1v) is 12.7. The van der Waals surface area contributed by atoms with E-state index in [9.17, 15) is 9.59 Å². The van der Waals surface area contributed by atoms with Crippen molar-refractivity contribution in [3.05, 3.63) is 57.3 Å². The molecule has 2 aliphatic rings. The highest BCUT2D eigenvalue weighted by Crippen LogP contribution is 2.32. The minimum Gasteiger partial charge on any atom is -0.493 e. The Hall–Kier alpha value is -3.06. The van der Waals surface area contributed by atoms with Gasteiger partial charge in [0.15, 0.2) is 23.0 Å². The maximum absolute atomic E-state index is 11.5. The third-order valence-corrected chi connectivity index (χ3v) is 7.02. The molecule has 0 aromatic heterocycles. The molecule has 0 atom stereocenters. The summed E-state index contributed by atoms with van der Waals surface area (Å²) >= 11 is 12.3. The molecule has 2 aromatic rings. The molecule has 2 aromatic carbocycles. The Kier molecular flexibility index (Phi) is 9.76. The van der Waals surface area contributed by atoms with E-state index in [1.807, 2.05) is 12.1 Å². The molecule has 4 rings (SSSR count). The summed E-state index contributed by atoms with van der Waals surface area (Å²) in [7, 11) is 6.30. The number of methoxy groups -OCH3 is 4. The summed E-state index contributed by atoms with van der Waals surface area (Å²) in [6.07, 6.45) is 3.53. The minimum atomic E-state index is -0.167. The molecule has 188 valence electrons. The number of benzene rings is 2. The highest BCUT2D eigenvalue weighted by molar-refractivity contribution is 8.27. The van der Waals surface area contributed by atoms with Gasteiger partial charge in [0, 0.05) is 0 Å². The molecule has 0 saturated carbocycles. The minimum absolute atomic E-state index is 0.167. The van der Waals surface area contributed by atoms with E-state index in [1.165, 1.54) is 23.5 Å². The van der Waals surface area contributed by atoms with Crippen LogP contribution in [0, 0.1) is 0 Å². The van der Waals surface area contributed by atoms with Crippen LogP contribution in [-0.4, -0.2) is 48.9 Å². The van der Waals surface area contributed by atoms with Crippen molar-refractivity contribution in [1.82, 2.24) is 10.6 Å². The van der Waals surface area contributed by atoms with Crippen molar-refractivity contribution in [1.29, 1.82) is 0 Å². The monoisotopic (exact) mass is 562 g/mol. The second-order valence-electron chi connectivity index (χ2n) is 6.93. The van der Waals surface area contributed by atoms with Gasteiger partial charge >= 0.3 is 0 Å². The molecule has 0 aliphatic carbocycles. The van der Waals surface area contributed by atoms with Gasteiger partial charge < -0.3 is 29.6 Å². The summed E-state index contributed by atoms with van der Waals surface area (Å²) in [5.74, 6) is 2.22. The van der Waals surface area contributed by atoms with E-state index in [0.29, 0.717) is 41.4 Å². The number of thioether (sulfide) groups is 2. The van der Waals surface area contributed by atoms with Crippen molar-refractivity contribution in [2.45, 2.75) is 0 Å². The van der Waals surface area contributed by atoms with Crippen molar-refractivity contribution < 1.29 is 28.5 Å². The fraction of sp³-hybridized carbons (Fsp3) is 0.167. The summed E-state index contributed by atoms with van der Waals surface area (Å²) in [5, 5.41) is 5.14. The number of carbonyl (C=O) groups excluding carboxylic acids is 2. The van der Waals surface area contributed by atoms with Crippen LogP contribution in [0.2, 0.25) is 0 Å². The van der Waals surface area contributed by atoms with Gasteiger partial charge in [0.2, 0.25) is 0 Å². The number of hydrogen-bond acceptors (Lipinski definition) is 10. The van der Waals surface area contributed by atoms with E-state index < -0.39 is 0 Å². The molecule has 2 N–H and O–H groups in total. The van der Waals surface area contributed by atoms with Gasteiger partial charge in [-0.15, -0.1) is 0 Å². The lowest BCUT2D eigenvalue weighted by atomic mass is 10.2. The molecule has 0 radical (unpaired) electrons. The standard InChI is InChI=1S/2C12H11NO3S2/c2*1-15-8-4-3-7(5-9(8)16-2)6-10-11(14)13-12(17)18-10/h2*3-6H,1-2H3,(H,13,14,17)/b2*10-6-. The average molecular weight is 563 g/mol. The SMILES string of the molecule is COc1ccc(/C=C2\SC(=S)NC2=O)cc1OC.COc1ccc(/C=C2\SC(=S)NC2=O)cc1OC. The van der Waals surface area contributed by atoms with Gasteiger partial charge in [-0.2, -0.15) is 0 Å². The second-order valence-corrected chi connectivity index (χ2v) is 10.4. The normalized spacial score (nSPS) is 16.9. The summed E-state index contributed by atoms with van der Waals surface area (Å²) in [5.41, 5.74) is 1.71. The molecule has 2 amide bonds. The first-order valence-electron chi connectivity index (χ1n) is 10.2. The maximum atomic E-state index is 11.5. The molecule has 0 bridgehead atoms. The smallest absolute Gasteiger partial charge is 0.263 e. The Morgan fingerprint density at radius 3 is 1.28 bits per heavy atom. The summed E-state index contributed by atoms with van der Waals surface area (Å²) in [4.78, 5) is 24.2. The Balaban J connectivity index is 0.000000201. The molecule has 2 saturated heterocycles. The van der Waals surface area contributed by atoms with Crippen molar-refractivity contribution in [3.8, 4) is 23.0 Å². The number of nitrogens with one attached hydrogen (secondary N) is 2. The van der Waals surface area contributed by atoms with Gasteiger partial charge in [-0.1, -0.05) is 60.1 Å². The Bertz CT molecular complexity index is 1180. The van der Waals surface area contributed by atoms with Crippen LogP contribution in [0.15, 0.2) is 46.2 Å². The molecule has 2 heterocycles. The van der Waals surface area contributed by atoms with Gasteiger partial charge in [0.25, 0.3) is 11.8 Å². The average Bonchev–Trinajstić information content (AvgIpc) is 3.36. The van der Waals surface area contributed by atoms with Crippen LogP contribution >= 0.6 is 48.0 Å². The first kappa shape index (κ1) is 27.5. The van der Waals surface area contributed by atoms with Crippen LogP contribution < -0.4 is 29.6 Å². The molecular formula is C24H22N2O6S4. The summed E-state index contributed by atoms with van der Waals surface area (Å²) < 4.78 is 21.7. The number of thiocarbonyl (C=S) groups is 2. The van der Waals surface area contributed by atoms with E-state index in [1.54, 1.807) is 64.9 Å². The molecule has 36 heavy (non-hydrogen) atoms. The fourth-order valence-electron chi connectivity index (χ4n) is 3.03. The van der Waals surface area contributed by atoms with Gasteiger partial charge in [-0.3, -0.25) is 9.59 Å². The lowest BCUT2D eigenvalue weighted by Crippen LogP contribution is -2.17. The molecule has 0 spiro atoms. The lowest BCUT2D eigenvalue weighted by Gasteiger charge is -2.07. The van der Waals surface area contributed by atoms with Crippen molar-refractivity contribution in [2.24, 2.45) is 0 Å². The highest BCUT2D eigenvalue weighted by atomic mass is 32.2. The first-order chi connectivity index (χ1) is 17.3. The van der Waals surface area contributed by atoms with Gasteiger partial charge in [-0.05, 0) is 47.5 Å². The third kappa shape index (κ3) is 7.00. The van der Waals surface area contributed by atoms with Gasteiger partial charge in [0.1, 0.15) is 8.64 Å². The quantitative estimate of drug-likeness (QED) is 0.390. The van der Waals surface area contributed by atoms with Crippen molar-refractivity contribution >= 4 is 80.6 Å². The van der Waals surface area contributed by atoms with Crippen molar-refractivity contribution in [3.63, 3.8) is 0 Å². The summed E-state index contributed by atoms with van der Waals surface area (Å²) in [6, 6.07) is 10.9. The Labute approximate surface area is 227 Å². The van der Waals surface area contributed by atoms with E-state index in [2.05, 4.69) is 10.6 Å². The van der Waals surface area contributed by atoms with E-state index in [-0.39, 0.29) is 11.8 Å². The third-order valence-electron chi connectivity index (χ3n) is 4.69. The van der Waals surface area contributed by atoms with Crippen LogP contribution in [0.4, 0.5) is 0 Å². The molecular weight excluding hydrogens is 541 g/mol. The Morgan fingerprint density at radius 1 is 0.639 bits per heavy atom. The summed E-state index contributed by atoms with van der Waals surface area (Å²) in [6.45, 7) is 0. The fourth-order valence-corrected chi connectivity index (χ4v) is 5.12. The zero-order chi connectivity index (χ0) is 26.2. The van der Waals surface area contributed by atoms with Crippen LogP contribution in [0.25, 0.3) is 12.2 Å². The predicted molar refractivity (Wildman–Crippen MR) is 152 cm³/mol. The van der Waals surface area contributed by atoms with Crippen LogP contribution in [-0.2, 0) is 9.59 Å². The number of rotatable bonds is 6. The molecule has 0 unspecified atom stereocenters. The van der Waals surface area contributed by atoms with Crippen LogP contribution in [0.5, 0.6) is 23.0 Å². The van der Waals surface area contributed by atoms with Gasteiger partial charge in [0.05, 0.1) is 38.2 Å². The Morgan fingerprint density at radius 2 is 1.00 bits per heavy atom. The second kappa shape index (κ2) is 12.8. The van der Waals surface area contributed by atoms with E-state index >= 15 is 0 Å². The predicted octanol–water partition coefficient (Wildman–Crippen LogP) is 4.39. The van der Waals surface area contributed by atoms with Crippen molar-refractivity contribution in [2.75, 3.05) is 28.4 Å². The number of carbonyl (C=O) groups is 2. The number of hydrogen-bond donors (Lipinski definition) is 2. The lowest BCUT2D eigenvalue weighted by molar-refractivity contribution is -0.116. The highest BCUT2D eigenvalue weighted by Gasteiger charge is 2.23. The van der Waals surface area contributed by atoms with E-state index in [0.717, 1.165) is 11.1 Å².